The average Bonchev–Trinajstić information content (AvgIpc) is 2.96. The molecule has 0 radical (unpaired) electrons. The number of hydrogen-bond donors (Lipinski definition) is 1. The number of ether oxygens (including phenoxy) is 2. The van der Waals surface area contributed by atoms with Gasteiger partial charge in [0.15, 0.2) is 0 Å². The van der Waals surface area contributed by atoms with Crippen LogP contribution < -0.4 is 0 Å². The van der Waals surface area contributed by atoms with E-state index in [-0.39, 0.29) is 11.9 Å². The zero-order valence-corrected chi connectivity index (χ0v) is 29.1. The third-order valence-electron chi connectivity index (χ3n) is 8.35. The Hall–Kier alpha value is -1.89. The van der Waals surface area contributed by atoms with Crippen molar-refractivity contribution < 1.29 is 33.4 Å². The number of hydrogen-bond acceptors (Lipinski definition) is 5. The predicted octanol–water partition coefficient (Wildman–Crippen LogP) is 9.56. The number of allylic oxidation sites excluding steroid dienone is 2. The second kappa shape index (κ2) is 31.1. The molecular formula is C37H70NO6+. The van der Waals surface area contributed by atoms with Gasteiger partial charge in [0.1, 0.15) is 13.2 Å². The molecule has 7 heteroatoms. The van der Waals surface area contributed by atoms with Gasteiger partial charge in [-0.3, -0.25) is 14.4 Å². The minimum Gasteiger partial charge on any atom is -0.481 e. The number of esters is 2. The molecule has 0 fully saturated rings. The van der Waals surface area contributed by atoms with E-state index >= 15 is 0 Å². The van der Waals surface area contributed by atoms with Crippen molar-refractivity contribution in [1.82, 2.24) is 0 Å². The summed E-state index contributed by atoms with van der Waals surface area (Å²) >= 11 is 0. The van der Waals surface area contributed by atoms with Crippen LogP contribution in [0.25, 0.3) is 0 Å². The van der Waals surface area contributed by atoms with Gasteiger partial charge in [0, 0.05) is 19.8 Å². The van der Waals surface area contributed by atoms with Gasteiger partial charge in [0.05, 0.1) is 27.2 Å². The fraction of sp³-hybridized carbons (Fsp3) is 0.865. The second-order valence-electron chi connectivity index (χ2n) is 13.3. The van der Waals surface area contributed by atoms with Crippen LogP contribution in [0.5, 0.6) is 0 Å². The maximum absolute atomic E-state index is 12.0. The van der Waals surface area contributed by atoms with Crippen LogP contribution in [-0.4, -0.2) is 67.9 Å². The van der Waals surface area contributed by atoms with E-state index in [9.17, 15) is 14.4 Å². The summed E-state index contributed by atoms with van der Waals surface area (Å²) in [5.74, 6) is -0.902. The lowest BCUT2D eigenvalue weighted by Gasteiger charge is -2.29. The Morgan fingerprint density at radius 3 is 1.45 bits per heavy atom. The van der Waals surface area contributed by atoms with Gasteiger partial charge in [-0.25, -0.2) is 0 Å². The van der Waals surface area contributed by atoms with Gasteiger partial charge in [-0.15, -0.1) is 0 Å². The molecule has 0 aromatic rings. The number of rotatable bonds is 33. The lowest BCUT2D eigenvalue weighted by molar-refractivity contribution is -0.890. The highest BCUT2D eigenvalue weighted by Gasteiger charge is 2.14. The molecule has 0 aromatic heterocycles. The molecule has 0 amide bonds. The number of carbonyl (C=O) groups excluding carboxylic acids is 2. The fourth-order valence-corrected chi connectivity index (χ4v) is 5.41. The van der Waals surface area contributed by atoms with Gasteiger partial charge < -0.3 is 19.1 Å². The highest BCUT2D eigenvalue weighted by atomic mass is 16.5. The van der Waals surface area contributed by atoms with Gasteiger partial charge in [-0.2, -0.15) is 0 Å². The number of nitrogens with zero attached hydrogens (tertiary/aromatic N) is 1. The normalized spacial score (nSPS) is 11.7. The quantitative estimate of drug-likeness (QED) is 0.0338. The van der Waals surface area contributed by atoms with Crippen LogP contribution in [0.1, 0.15) is 167 Å². The molecule has 0 heterocycles. The Morgan fingerprint density at radius 1 is 0.523 bits per heavy atom. The van der Waals surface area contributed by atoms with Crippen molar-refractivity contribution in [2.45, 2.75) is 167 Å². The number of aliphatic carboxylic acids is 1. The van der Waals surface area contributed by atoms with Gasteiger partial charge in [-0.1, -0.05) is 102 Å². The Morgan fingerprint density at radius 2 is 0.955 bits per heavy atom. The molecule has 0 aliphatic rings. The fourth-order valence-electron chi connectivity index (χ4n) is 5.41. The van der Waals surface area contributed by atoms with Crippen molar-refractivity contribution in [2.75, 3.05) is 40.4 Å². The molecule has 0 unspecified atom stereocenters. The van der Waals surface area contributed by atoms with Crippen LogP contribution in [0.3, 0.4) is 0 Å². The van der Waals surface area contributed by atoms with Crippen molar-refractivity contribution in [2.24, 2.45) is 0 Å². The number of likely N-dealkylation sites (N-methyl/N-ethyl adjacent to an activating group) is 1. The summed E-state index contributed by atoms with van der Waals surface area (Å²) in [5.41, 5.74) is 0. The predicted molar refractivity (Wildman–Crippen MR) is 182 cm³/mol. The van der Waals surface area contributed by atoms with E-state index in [0.29, 0.717) is 26.1 Å². The molecule has 7 nitrogen and oxygen atoms in total. The number of unbranched alkanes of at least 4 members (excludes halogenated alkanes) is 20. The van der Waals surface area contributed by atoms with E-state index in [0.717, 1.165) is 68.9 Å². The van der Waals surface area contributed by atoms with Crippen molar-refractivity contribution >= 4 is 17.9 Å². The van der Waals surface area contributed by atoms with Crippen LogP contribution in [0, 0.1) is 0 Å². The first-order chi connectivity index (χ1) is 21.2. The van der Waals surface area contributed by atoms with Crippen LogP contribution in [0.2, 0.25) is 0 Å². The van der Waals surface area contributed by atoms with Gasteiger partial charge >= 0.3 is 17.9 Å². The van der Waals surface area contributed by atoms with Crippen molar-refractivity contribution in [1.29, 1.82) is 0 Å². The van der Waals surface area contributed by atoms with Crippen LogP contribution in [0.4, 0.5) is 0 Å². The minimum absolute atomic E-state index is 0.0264. The monoisotopic (exact) mass is 625 g/mol. The first kappa shape index (κ1) is 42.1. The van der Waals surface area contributed by atoms with Crippen LogP contribution in [0.15, 0.2) is 12.2 Å². The van der Waals surface area contributed by atoms with E-state index in [1.54, 1.807) is 0 Å². The summed E-state index contributed by atoms with van der Waals surface area (Å²) in [5, 5.41) is 8.63. The zero-order chi connectivity index (χ0) is 32.6. The van der Waals surface area contributed by atoms with Crippen molar-refractivity contribution in [3.63, 3.8) is 0 Å². The topological polar surface area (TPSA) is 89.9 Å². The van der Waals surface area contributed by atoms with E-state index < -0.39 is 5.97 Å². The lowest BCUT2D eigenvalue weighted by atomic mass is 10.1. The first-order valence-corrected chi connectivity index (χ1v) is 18.2. The van der Waals surface area contributed by atoms with Crippen molar-refractivity contribution in [3.05, 3.63) is 12.2 Å². The number of carbonyl (C=O) groups is 3. The highest BCUT2D eigenvalue weighted by Crippen LogP contribution is 2.13. The molecule has 0 saturated heterocycles. The summed E-state index contributed by atoms with van der Waals surface area (Å²) in [6.45, 7) is 4.55. The summed E-state index contributed by atoms with van der Waals surface area (Å²) in [6.07, 6.45) is 32.6. The smallest absolute Gasteiger partial charge is 0.305 e. The van der Waals surface area contributed by atoms with E-state index in [1.165, 1.54) is 103 Å². The highest BCUT2D eigenvalue weighted by molar-refractivity contribution is 5.69. The van der Waals surface area contributed by atoms with E-state index in [1.807, 2.05) is 0 Å². The number of carboxylic acid groups (broad SMARTS) is 1. The third kappa shape index (κ3) is 34.6. The summed E-state index contributed by atoms with van der Waals surface area (Å²) in [6, 6.07) is 0. The van der Waals surface area contributed by atoms with Crippen LogP contribution in [-0.2, 0) is 23.9 Å². The maximum Gasteiger partial charge on any atom is 0.305 e. The van der Waals surface area contributed by atoms with E-state index in [2.05, 4.69) is 26.2 Å². The largest absolute Gasteiger partial charge is 0.481 e. The Bertz CT molecular complexity index is 721. The first-order valence-electron chi connectivity index (χ1n) is 18.2. The molecule has 0 aliphatic heterocycles. The summed E-state index contributed by atoms with van der Waals surface area (Å²) in [7, 11) is 4.40. The molecule has 0 spiro atoms. The minimum atomic E-state index is -0.679. The SMILES string of the molecule is CC(=O)OCC[N+](C)(C)CCCCCCCCCCCOC(=O)CCCCCCCCC=CCCCCCCCCC(=O)O. The van der Waals surface area contributed by atoms with Gasteiger partial charge in [0.2, 0.25) is 0 Å². The molecule has 0 saturated carbocycles. The third-order valence-corrected chi connectivity index (χ3v) is 8.35. The molecule has 0 aliphatic carbocycles. The summed E-state index contributed by atoms with van der Waals surface area (Å²) in [4.78, 5) is 33.3. The molecule has 0 aromatic carbocycles. The Balaban J connectivity index is 3.31. The number of carboxylic acids is 1. The molecule has 1 N–H and O–H groups in total. The maximum atomic E-state index is 12.0. The summed E-state index contributed by atoms with van der Waals surface area (Å²) < 4.78 is 11.4. The second-order valence-corrected chi connectivity index (χ2v) is 13.3. The molecule has 0 bridgehead atoms. The van der Waals surface area contributed by atoms with Gasteiger partial charge in [0.25, 0.3) is 0 Å². The Labute approximate surface area is 271 Å². The van der Waals surface area contributed by atoms with Gasteiger partial charge in [-0.05, 0) is 57.8 Å². The van der Waals surface area contributed by atoms with Crippen molar-refractivity contribution in [3.8, 4) is 0 Å². The average molecular weight is 625 g/mol. The lowest BCUT2D eigenvalue weighted by Crippen LogP contribution is -2.43. The molecule has 44 heavy (non-hydrogen) atoms. The molecule has 0 rings (SSSR count). The van der Waals surface area contributed by atoms with Crippen LogP contribution >= 0.6 is 0 Å². The zero-order valence-electron chi connectivity index (χ0n) is 29.1. The molecule has 258 valence electrons. The number of quaternary nitrogens is 1. The standard InChI is InChI=1S/C37H69NO6/c1-35(39)43-34-32-38(2,3)31-27-23-19-15-12-16-20-24-28-33-44-37(42)30-26-22-18-14-11-9-7-5-4-6-8-10-13-17-21-25-29-36(40)41/h4-5H,6-34H2,1-3H3/p+1. The van der Waals surface area contributed by atoms with E-state index in [4.69, 9.17) is 14.6 Å². The molecule has 0 atom stereocenters. The Kier molecular flexibility index (Phi) is 29.8. The molecular weight excluding hydrogens is 554 g/mol.